The predicted octanol–water partition coefficient (Wildman–Crippen LogP) is 0.966. The van der Waals surface area contributed by atoms with Crippen molar-refractivity contribution in [1.82, 2.24) is 20.3 Å². The Labute approximate surface area is 97.2 Å². The van der Waals surface area contributed by atoms with E-state index in [4.69, 9.17) is 4.74 Å². The fourth-order valence-electron chi connectivity index (χ4n) is 1.44. The van der Waals surface area contributed by atoms with E-state index >= 15 is 0 Å². The maximum Gasteiger partial charge on any atom is 0.0964 e. The predicted molar refractivity (Wildman–Crippen MR) is 63.0 cm³/mol. The minimum Gasteiger partial charge on any atom is -0.380 e. The molecule has 1 N–H and O–H groups in total. The minimum atomic E-state index is 0.363. The highest BCUT2D eigenvalue weighted by Gasteiger charge is 2.13. The zero-order chi connectivity index (χ0) is 12.0. The van der Waals surface area contributed by atoms with E-state index in [0.717, 1.165) is 25.5 Å². The molecular weight excluding hydrogens is 204 g/mol. The first-order valence-corrected chi connectivity index (χ1v) is 5.79. The molecule has 1 unspecified atom stereocenters. The largest absolute Gasteiger partial charge is 0.380 e. The lowest BCUT2D eigenvalue weighted by Crippen LogP contribution is -2.37. The Kier molecular flexibility index (Phi) is 5.42. The zero-order valence-electron chi connectivity index (χ0n) is 10.6. The molecule has 1 aromatic rings. The highest BCUT2D eigenvalue weighted by Crippen LogP contribution is 2.03. The third-order valence-electron chi connectivity index (χ3n) is 2.50. The topological polar surface area (TPSA) is 52.0 Å². The van der Waals surface area contributed by atoms with Gasteiger partial charge in [-0.1, -0.05) is 19.1 Å². The quantitative estimate of drug-likeness (QED) is 0.752. The Morgan fingerprint density at radius 1 is 1.50 bits per heavy atom. The number of nitrogens with zero attached hydrogens (tertiary/aromatic N) is 3. The lowest BCUT2D eigenvalue weighted by Gasteiger charge is -2.21. The number of hydrogen-bond donors (Lipinski definition) is 1. The molecule has 0 aliphatic rings. The first kappa shape index (κ1) is 13.1. The number of aryl methyl sites for hydroxylation is 1. The molecule has 92 valence electrons. The molecule has 1 rings (SSSR count). The van der Waals surface area contributed by atoms with E-state index in [1.807, 2.05) is 20.2 Å². The van der Waals surface area contributed by atoms with Gasteiger partial charge in [0, 0.05) is 32.4 Å². The molecule has 0 spiro atoms. The van der Waals surface area contributed by atoms with Crippen molar-refractivity contribution < 1.29 is 4.74 Å². The van der Waals surface area contributed by atoms with Gasteiger partial charge < -0.3 is 10.1 Å². The summed E-state index contributed by atoms with van der Waals surface area (Å²) in [5, 5.41) is 11.4. The molecule has 0 radical (unpaired) electrons. The summed E-state index contributed by atoms with van der Waals surface area (Å²) in [5.74, 6) is 0.545. The number of nitrogens with one attached hydrogen (secondary N) is 1. The summed E-state index contributed by atoms with van der Waals surface area (Å²) < 4.78 is 7.16. The van der Waals surface area contributed by atoms with Crippen molar-refractivity contribution in [3.8, 4) is 0 Å². The van der Waals surface area contributed by atoms with Crippen molar-refractivity contribution in [1.29, 1.82) is 0 Å². The summed E-state index contributed by atoms with van der Waals surface area (Å²) >= 11 is 0. The molecule has 0 amide bonds. The fraction of sp³-hybridized carbons (Fsp3) is 0.818. The molecular formula is C11H22N4O. The van der Waals surface area contributed by atoms with Crippen LogP contribution in [0.4, 0.5) is 0 Å². The van der Waals surface area contributed by atoms with Gasteiger partial charge in [0.05, 0.1) is 12.3 Å². The van der Waals surface area contributed by atoms with Gasteiger partial charge in [-0.3, -0.25) is 4.68 Å². The average Bonchev–Trinajstić information content (AvgIpc) is 2.64. The number of hydrogen-bond acceptors (Lipinski definition) is 4. The highest BCUT2D eigenvalue weighted by atomic mass is 16.5. The maximum atomic E-state index is 5.45. The second-order valence-corrected chi connectivity index (χ2v) is 4.27. The molecule has 1 atom stereocenters. The highest BCUT2D eigenvalue weighted by molar-refractivity contribution is 4.91. The van der Waals surface area contributed by atoms with Crippen LogP contribution < -0.4 is 5.32 Å². The molecule has 0 saturated carbocycles. The van der Waals surface area contributed by atoms with Crippen LogP contribution in [0, 0.1) is 5.92 Å². The van der Waals surface area contributed by atoms with E-state index in [-0.39, 0.29) is 0 Å². The van der Waals surface area contributed by atoms with Crippen molar-refractivity contribution in [2.24, 2.45) is 13.0 Å². The van der Waals surface area contributed by atoms with Crippen molar-refractivity contribution in [2.75, 3.05) is 13.2 Å². The van der Waals surface area contributed by atoms with E-state index < -0.39 is 0 Å². The summed E-state index contributed by atoms with van der Waals surface area (Å²) in [6.45, 7) is 8.63. The van der Waals surface area contributed by atoms with E-state index in [0.29, 0.717) is 12.0 Å². The Balaban J connectivity index is 2.37. The van der Waals surface area contributed by atoms with Gasteiger partial charge in [-0.2, -0.15) is 0 Å². The van der Waals surface area contributed by atoms with E-state index in [1.165, 1.54) is 0 Å². The second kappa shape index (κ2) is 6.60. The van der Waals surface area contributed by atoms with Crippen LogP contribution in [-0.2, 0) is 18.3 Å². The summed E-state index contributed by atoms with van der Waals surface area (Å²) in [6, 6.07) is 0.363. The Morgan fingerprint density at radius 3 is 2.75 bits per heavy atom. The smallest absolute Gasteiger partial charge is 0.0964 e. The average molecular weight is 226 g/mol. The third kappa shape index (κ3) is 4.28. The van der Waals surface area contributed by atoms with Gasteiger partial charge in [-0.25, -0.2) is 0 Å². The Bertz CT molecular complexity index is 298. The molecule has 0 aromatic carbocycles. The van der Waals surface area contributed by atoms with Crippen LogP contribution in [0.15, 0.2) is 6.20 Å². The van der Waals surface area contributed by atoms with Crippen LogP contribution in [-0.4, -0.2) is 34.2 Å². The summed E-state index contributed by atoms with van der Waals surface area (Å²) in [5.41, 5.74) is 0.963. The Hall–Kier alpha value is -0.940. The molecule has 1 aromatic heterocycles. The van der Waals surface area contributed by atoms with Crippen LogP contribution in [0.1, 0.15) is 26.5 Å². The first-order chi connectivity index (χ1) is 7.63. The molecule has 0 bridgehead atoms. The van der Waals surface area contributed by atoms with Crippen LogP contribution in [0.3, 0.4) is 0 Å². The SMILES string of the molecule is CCOCC(NCc1cn(C)nn1)C(C)C. The van der Waals surface area contributed by atoms with Crippen LogP contribution >= 0.6 is 0 Å². The first-order valence-electron chi connectivity index (χ1n) is 5.79. The zero-order valence-corrected chi connectivity index (χ0v) is 10.6. The summed E-state index contributed by atoms with van der Waals surface area (Å²) in [6.07, 6.45) is 1.92. The second-order valence-electron chi connectivity index (χ2n) is 4.27. The van der Waals surface area contributed by atoms with Gasteiger partial charge in [0.25, 0.3) is 0 Å². The number of rotatable bonds is 7. The monoisotopic (exact) mass is 226 g/mol. The van der Waals surface area contributed by atoms with Gasteiger partial charge in [0.15, 0.2) is 0 Å². The molecule has 0 saturated heterocycles. The van der Waals surface area contributed by atoms with E-state index in [2.05, 4.69) is 29.5 Å². The molecule has 1 heterocycles. The van der Waals surface area contributed by atoms with Crippen LogP contribution in [0.25, 0.3) is 0 Å². The van der Waals surface area contributed by atoms with E-state index in [1.54, 1.807) is 4.68 Å². The molecule has 0 fully saturated rings. The van der Waals surface area contributed by atoms with Crippen molar-refractivity contribution >= 4 is 0 Å². The third-order valence-corrected chi connectivity index (χ3v) is 2.50. The van der Waals surface area contributed by atoms with Gasteiger partial charge in [-0.15, -0.1) is 5.10 Å². The summed E-state index contributed by atoms with van der Waals surface area (Å²) in [4.78, 5) is 0. The van der Waals surface area contributed by atoms with Gasteiger partial charge in [0.2, 0.25) is 0 Å². The van der Waals surface area contributed by atoms with Gasteiger partial charge in [-0.05, 0) is 12.8 Å². The molecule has 0 aliphatic heterocycles. The molecule has 16 heavy (non-hydrogen) atoms. The van der Waals surface area contributed by atoms with Crippen molar-refractivity contribution in [3.05, 3.63) is 11.9 Å². The van der Waals surface area contributed by atoms with Crippen molar-refractivity contribution in [2.45, 2.75) is 33.4 Å². The standard InChI is InChI=1S/C11H22N4O/c1-5-16-8-11(9(2)3)12-6-10-7-15(4)14-13-10/h7,9,11-12H,5-6,8H2,1-4H3. The maximum absolute atomic E-state index is 5.45. The van der Waals surface area contributed by atoms with E-state index in [9.17, 15) is 0 Å². The minimum absolute atomic E-state index is 0.363. The summed E-state index contributed by atoms with van der Waals surface area (Å²) in [7, 11) is 1.87. The normalized spacial score (nSPS) is 13.3. The van der Waals surface area contributed by atoms with Gasteiger partial charge in [0.1, 0.15) is 0 Å². The lowest BCUT2D eigenvalue weighted by atomic mass is 10.1. The lowest BCUT2D eigenvalue weighted by molar-refractivity contribution is 0.107. The fourth-order valence-corrected chi connectivity index (χ4v) is 1.44. The number of aromatic nitrogens is 3. The van der Waals surface area contributed by atoms with Gasteiger partial charge >= 0.3 is 0 Å². The van der Waals surface area contributed by atoms with Crippen LogP contribution in [0.5, 0.6) is 0 Å². The Morgan fingerprint density at radius 2 is 2.25 bits per heavy atom. The van der Waals surface area contributed by atoms with Crippen LogP contribution in [0.2, 0.25) is 0 Å². The molecule has 5 nitrogen and oxygen atoms in total. The van der Waals surface area contributed by atoms with Crippen molar-refractivity contribution in [3.63, 3.8) is 0 Å². The molecule has 5 heteroatoms. The molecule has 0 aliphatic carbocycles. The number of ether oxygens (including phenoxy) is 1.